The summed E-state index contributed by atoms with van der Waals surface area (Å²) in [5.41, 5.74) is 2.73. The molecule has 1 saturated carbocycles. The Kier molecular flexibility index (Phi) is 5.80. The molecule has 4 aromatic rings. The summed E-state index contributed by atoms with van der Waals surface area (Å²) in [6, 6.07) is 1.93. The van der Waals surface area contributed by atoms with E-state index >= 15 is 0 Å². The van der Waals surface area contributed by atoms with E-state index in [1.54, 1.807) is 45.6 Å². The van der Waals surface area contributed by atoms with Gasteiger partial charge >= 0.3 is 0 Å². The summed E-state index contributed by atoms with van der Waals surface area (Å²) in [5.74, 6) is 1.09. The van der Waals surface area contributed by atoms with Crippen LogP contribution in [0.25, 0.3) is 21.3 Å². The molecule has 1 amide bonds. The number of hydrogen-bond donors (Lipinski definition) is 3. The molecule has 1 aliphatic carbocycles. The Bertz CT molecular complexity index is 1550. The van der Waals surface area contributed by atoms with Crippen molar-refractivity contribution in [2.45, 2.75) is 59.1 Å². The van der Waals surface area contributed by atoms with Crippen molar-refractivity contribution in [1.29, 1.82) is 0 Å². The quantitative estimate of drug-likeness (QED) is 0.347. The molecule has 0 saturated heterocycles. The molecule has 0 bridgehead atoms. The Morgan fingerprint density at radius 3 is 2.50 bits per heavy atom. The van der Waals surface area contributed by atoms with Crippen LogP contribution in [-0.2, 0) is 12.6 Å². The summed E-state index contributed by atoms with van der Waals surface area (Å²) in [6.07, 6.45) is 7.22. The fourth-order valence-corrected chi connectivity index (χ4v) is 5.72. The summed E-state index contributed by atoms with van der Waals surface area (Å²) in [4.78, 5) is 34.6. The second-order valence-electron chi connectivity index (χ2n) is 10.2. The lowest BCUT2D eigenvalue weighted by atomic mass is 10.0. The number of hydrogen-bond acceptors (Lipinski definition) is 6. The van der Waals surface area contributed by atoms with Gasteiger partial charge in [0.1, 0.15) is 22.7 Å². The zero-order chi connectivity index (χ0) is 25.9. The third-order valence-electron chi connectivity index (χ3n) is 6.47. The molecule has 0 atom stereocenters. The second kappa shape index (κ2) is 8.60. The zero-order valence-electron chi connectivity index (χ0n) is 21.3. The number of carbonyl (C=O) groups excluding carboxylic acids is 1. The highest BCUT2D eigenvalue weighted by atomic mass is 32.1. The molecule has 3 N–H and O–H groups in total. The Labute approximate surface area is 213 Å². The number of amides is 1. The summed E-state index contributed by atoms with van der Waals surface area (Å²) < 4.78 is 8.05. The average molecular weight is 507 g/mol. The number of pyridine rings is 2. The number of carbonyl (C=O) groups is 1. The molecule has 0 radical (unpaired) electrons. The normalized spacial score (nSPS) is 13.9. The summed E-state index contributed by atoms with van der Waals surface area (Å²) in [6.45, 7) is 9.30. The number of rotatable bonds is 6. The van der Waals surface area contributed by atoms with E-state index in [2.05, 4.69) is 15.3 Å². The van der Waals surface area contributed by atoms with Crippen LogP contribution in [0.4, 0.5) is 0 Å². The van der Waals surface area contributed by atoms with Crippen molar-refractivity contribution in [1.82, 2.24) is 19.9 Å². The number of aromatic amines is 1. The topological polar surface area (TPSA) is 109 Å². The third kappa shape index (κ3) is 4.22. The molecule has 8 nitrogen and oxygen atoms in total. The van der Waals surface area contributed by atoms with Gasteiger partial charge < -0.3 is 24.7 Å². The smallest absolute Gasteiger partial charge is 0.274 e. The molecule has 36 heavy (non-hydrogen) atoms. The summed E-state index contributed by atoms with van der Waals surface area (Å²) >= 11 is 1.42. The van der Waals surface area contributed by atoms with Gasteiger partial charge in [-0.25, -0.2) is 0 Å². The maximum Gasteiger partial charge on any atom is 0.274 e. The molecule has 1 fully saturated rings. The zero-order valence-corrected chi connectivity index (χ0v) is 22.1. The van der Waals surface area contributed by atoms with Crippen LogP contribution in [0.3, 0.4) is 0 Å². The fourth-order valence-electron chi connectivity index (χ4n) is 4.46. The largest absolute Gasteiger partial charge is 0.455 e. The molecule has 1 aliphatic rings. The van der Waals surface area contributed by atoms with Gasteiger partial charge in [0.25, 0.3) is 11.5 Å². The number of H-pyrrole nitrogens is 1. The van der Waals surface area contributed by atoms with Gasteiger partial charge in [-0.2, -0.15) is 0 Å². The minimum atomic E-state index is -1.10. The van der Waals surface area contributed by atoms with Gasteiger partial charge in [-0.15, -0.1) is 11.3 Å². The number of aryl methyl sites for hydroxylation is 3. The van der Waals surface area contributed by atoms with Crippen molar-refractivity contribution >= 4 is 28.1 Å². The van der Waals surface area contributed by atoms with Gasteiger partial charge in [0, 0.05) is 64.2 Å². The van der Waals surface area contributed by atoms with E-state index < -0.39 is 5.60 Å². The van der Waals surface area contributed by atoms with Gasteiger partial charge in [0.05, 0.1) is 10.5 Å². The van der Waals surface area contributed by atoms with E-state index in [1.807, 2.05) is 20.8 Å². The van der Waals surface area contributed by atoms with E-state index in [4.69, 9.17) is 4.74 Å². The van der Waals surface area contributed by atoms with E-state index in [1.165, 1.54) is 15.9 Å². The number of aliphatic hydroxyl groups is 1. The fraction of sp³-hybridized carbons (Fsp3) is 0.370. The number of aromatic nitrogens is 3. The standard InChI is InChI=1S/C27H30N4O4S/c1-13-10-28-11-14(2)21(13)35-22-15(3)24(27(4,5)34)36-23(22)18-12-31(6)26(33)20-17(18)9-19(30-20)25(32)29-16-7-8-16/h9-12,16,30,34H,7-8H2,1-6H3,(H,29,32). The van der Waals surface area contributed by atoms with E-state index in [-0.39, 0.29) is 17.5 Å². The Morgan fingerprint density at radius 2 is 1.89 bits per heavy atom. The van der Waals surface area contributed by atoms with Gasteiger partial charge in [-0.05, 0) is 53.5 Å². The van der Waals surface area contributed by atoms with Crippen LogP contribution in [0, 0.1) is 20.8 Å². The van der Waals surface area contributed by atoms with Crippen LogP contribution in [0.1, 0.15) is 58.7 Å². The lowest BCUT2D eigenvalue weighted by molar-refractivity contribution is 0.0817. The predicted molar refractivity (Wildman–Crippen MR) is 141 cm³/mol. The molecule has 4 aromatic heterocycles. The SMILES string of the molecule is Cc1cncc(C)c1Oc1c(-c2cn(C)c(=O)c3[nH]c(C(=O)NC4CC4)cc23)sc(C(C)(C)O)c1C. The van der Waals surface area contributed by atoms with Crippen molar-refractivity contribution < 1.29 is 14.6 Å². The minimum Gasteiger partial charge on any atom is -0.455 e. The van der Waals surface area contributed by atoms with Crippen LogP contribution in [0.2, 0.25) is 0 Å². The van der Waals surface area contributed by atoms with Crippen molar-refractivity contribution in [3.63, 3.8) is 0 Å². The van der Waals surface area contributed by atoms with E-state index in [9.17, 15) is 14.7 Å². The van der Waals surface area contributed by atoms with Gasteiger partial charge in [-0.1, -0.05) is 0 Å². The number of ether oxygens (including phenoxy) is 1. The first kappa shape index (κ1) is 24.3. The monoisotopic (exact) mass is 506 g/mol. The highest BCUT2D eigenvalue weighted by Gasteiger charge is 2.30. The minimum absolute atomic E-state index is 0.201. The summed E-state index contributed by atoms with van der Waals surface area (Å²) in [7, 11) is 1.69. The number of fused-ring (bicyclic) bond motifs is 1. The molecular formula is C27H30N4O4S. The lowest BCUT2D eigenvalue weighted by Crippen LogP contribution is -2.25. The molecule has 0 unspecified atom stereocenters. The molecule has 4 heterocycles. The van der Waals surface area contributed by atoms with E-state index in [0.717, 1.165) is 44.8 Å². The van der Waals surface area contributed by atoms with Crippen LogP contribution < -0.4 is 15.6 Å². The molecule has 0 aromatic carbocycles. The van der Waals surface area contributed by atoms with E-state index in [0.29, 0.717) is 28.1 Å². The molecular weight excluding hydrogens is 476 g/mol. The van der Waals surface area contributed by atoms with Crippen molar-refractivity contribution in [3.05, 3.63) is 62.3 Å². The Morgan fingerprint density at radius 1 is 1.22 bits per heavy atom. The van der Waals surface area contributed by atoms with Crippen molar-refractivity contribution in [2.24, 2.45) is 7.05 Å². The highest BCUT2D eigenvalue weighted by Crippen LogP contribution is 2.49. The highest BCUT2D eigenvalue weighted by molar-refractivity contribution is 7.16. The first-order valence-electron chi connectivity index (χ1n) is 11.9. The van der Waals surface area contributed by atoms with Crippen LogP contribution >= 0.6 is 11.3 Å². The van der Waals surface area contributed by atoms with Crippen LogP contribution in [-0.4, -0.2) is 31.6 Å². The molecule has 188 valence electrons. The molecule has 9 heteroatoms. The number of nitrogens with zero attached hydrogens (tertiary/aromatic N) is 2. The van der Waals surface area contributed by atoms with Gasteiger partial charge in [-0.3, -0.25) is 14.6 Å². The Balaban J connectivity index is 1.74. The van der Waals surface area contributed by atoms with Crippen molar-refractivity contribution in [3.8, 4) is 21.9 Å². The first-order valence-corrected chi connectivity index (χ1v) is 12.8. The molecule has 0 aliphatic heterocycles. The number of nitrogens with one attached hydrogen (secondary N) is 2. The lowest BCUT2D eigenvalue weighted by Gasteiger charge is -2.17. The van der Waals surface area contributed by atoms with Crippen LogP contribution in [0.15, 0.2) is 29.5 Å². The van der Waals surface area contributed by atoms with Gasteiger partial charge in [0.15, 0.2) is 0 Å². The maximum absolute atomic E-state index is 13.0. The van der Waals surface area contributed by atoms with Crippen molar-refractivity contribution in [2.75, 3.05) is 0 Å². The molecule has 0 spiro atoms. The maximum atomic E-state index is 13.0. The second-order valence-corrected chi connectivity index (χ2v) is 11.2. The third-order valence-corrected chi connectivity index (χ3v) is 8.09. The number of thiophene rings is 1. The van der Waals surface area contributed by atoms with Gasteiger partial charge in [0.2, 0.25) is 0 Å². The van der Waals surface area contributed by atoms with Crippen LogP contribution in [0.5, 0.6) is 11.5 Å². The Hall–Kier alpha value is -3.43. The first-order chi connectivity index (χ1) is 17.0. The summed E-state index contributed by atoms with van der Waals surface area (Å²) in [5, 5.41) is 14.5. The predicted octanol–water partition coefficient (Wildman–Crippen LogP) is 4.83. The average Bonchev–Trinajstić information content (AvgIpc) is 3.38. The molecule has 5 rings (SSSR count).